The Hall–Kier alpha value is -3.26. The molecule has 32 heavy (non-hydrogen) atoms. The van der Waals surface area contributed by atoms with Crippen LogP contribution in [0.3, 0.4) is 0 Å². The van der Waals surface area contributed by atoms with Gasteiger partial charge in [-0.05, 0) is 32.7 Å². The predicted molar refractivity (Wildman–Crippen MR) is 105 cm³/mol. The highest BCUT2D eigenvalue weighted by atomic mass is 16.4. The molecule has 14 heteroatoms. The van der Waals surface area contributed by atoms with Crippen LogP contribution in [0, 0.1) is 0 Å². The standard InChI is InChI=1S/C18H28N4O10/c1-8(23)14(17(30)20-10(18(31)32)4-5-12(24)25)22-16(29)11(7-13(26)27)21-15(28)9-3-2-6-19-9/h8-11,14,19,23H,2-7H2,1H3,(H,20,30)(H,21,28)(H,22,29)(H,24,25)(H,26,27)(H,31,32). The van der Waals surface area contributed by atoms with E-state index in [-0.39, 0.29) is 0 Å². The molecule has 0 bridgehead atoms. The summed E-state index contributed by atoms with van der Waals surface area (Å²) in [5.74, 6) is -6.99. The third-order valence-electron chi connectivity index (χ3n) is 4.71. The quantitative estimate of drug-likeness (QED) is 0.138. The highest BCUT2D eigenvalue weighted by molar-refractivity contribution is 5.96. The van der Waals surface area contributed by atoms with Crippen LogP contribution in [0.15, 0.2) is 0 Å². The van der Waals surface area contributed by atoms with Gasteiger partial charge in [-0.25, -0.2) is 4.79 Å². The van der Waals surface area contributed by atoms with Crippen molar-refractivity contribution < 1.29 is 49.2 Å². The summed E-state index contributed by atoms with van der Waals surface area (Å²) in [6.45, 7) is 1.72. The molecular formula is C18H28N4O10. The molecule has 5 atom stereocenters. The molecule has 0 saturated carbocycles. The smallest absolute Gasteiger partial charge is 0.326 e. The first-order valence-corrected chi connectivity index (χ1v) is 9.91. The summed E-state index contributed by atoms with van der Waals surface area (Å²) in [7, 11) is 0. The Kier molecular flexibility index (Phi) is 10.5. The van der Waals surface area contributed by atoms with Crippen molar-refractivity contribution in [1.29, 1.82) is 0 Å². The van der Waals surface area contributed by atoms with Gasteiger partial charge in [0, 0.05) is 6.42 Å². The van der Waals surface area contributed by atoms with E-state index in [2.05, 4.69) is 16.0 Å². The number of hydrogen-bond acceptors (Lipinski definition) is 8. The van der Waals surface area contributed by atoms with E-state index in [1.807, 2.05) is 5.32 Å². The van der Waals surface area contributed by atoms with Gasteiger partial charge in [0.2, 0.25) is 17.7 Å². The average Bonchev–Trinajstić information content (AvgIpc) is 3.22. The van der Waals surface area contributed by atoms with Crippen LogP contribution in [-0.2, 0) is 28.8 Å². The number of carbonyl (C=O) groups excluding carboxylic acids is 3. The number of nitrogens with one attached hydrogen (secondary N) is 4. The van der Waals surface area contributed by atoms with Crippen LogP contribution < -0.4 is 21.3 Å². The molecule has 0 aromatic carbocycles. The van der Waals surface area contributed by atoms with Crippen LogP contribution in [-0.4, -0.2) is 92.9 Å². The van der Waals surface area contributed by atoms with Crippen molar-refractivity contribution in [3.63, 3.8) is 0 Å². The molecule has 1 rings (SSSR count). The lowest BCUT2D eigenvalue weighted by molar-refractivity contribution is -0.145. The summed E-state index contributed by atoms with van der Waals surface area (Å²) in [6, 6.07) is -5.44. The van der Waals surface area contributed by atoms with E-state index >= 15 is 0 Å². The minimum atomic E-state index is -1.69. The van der Waals surface area contributed by atoms with Crippen LogP contribution in [0.1, 0.15) is 39.0 Å². The molecule has 0 radical (unpaired) electrons. The largest absolute Gasteiger partial charge is 0.481 e. The third kappa shape index (κ3) is 8.85. The lowest BCUT2D eigenvalue weighted by atomic mass is 10.1. The van der Waals surface area contributed by atoms with Gasteiger partial charge in [0.1, 0.15) is 18.1 Å². The molecule has 0 aromatic heterocycles. The normalized spacial score (nSPS) is 19.1. The van der Waals surface area contributed by atoms with Crippen LogP contribution in [0.25, 0.3) is 0 Å². The molecule has 0 aromatic rings. The molecule has 8 N–H and O–H groups in total. The lowest BCUT2D eigenvalue weighted by Gasteiger charge is -2.26. The highest BCUT2D eigenvalue weighted by Crippen LogP contribution is 2.07. The zero-order chi connectivity index (χ0) is 24.4. The van der Waals surface area contributed by atoms with E-state index in [1.165, 1.54) is 0 Å². The van der Waals surface area contributed by atoms with E-state index in [1.54, 1.807) is 0 Å². The Morgan fingerprint density at radius 2 is 1.59 bits per heavy atom. The topological polar surface area (TPSA) is 231 Å². The second-order valence-electron chi connectivity index (χ2n) is 7.37. The number of aliphatic hydroxyl groups excluding tert-OH is 1. The van der Waals surface area contributed by atoms with E-state index in [0.29, 0.717) is 13.0 Å². The fourth-order valence-electron chi connectivity index (χ4n) is 3.01. The van der Waals surface area contributed by atoms with Crippen molar-refractivity contribution >= 4 is 35.6 Å². The highest BCUT2D eigenvalue weighted by Gasteiger charge is 2.34. The molecule has 180 valence electrons. The van der Waals surface area contributed by atoms with Crippen molar-refractivity contribution in [2.75, 3.05) is 6.54 Å². The Labute approximate surface area is 182 Å². The first-order valence-electron chi connectivity index (χ1n) is 9.91. The maximum atomic E-state index is 12.6. The van der Waals surface area contributed by atoms with E-state index < -0.39 is 85.2 Å². The number of carboxylic acid groups (broad SMARTS) is 3. The summed E-state index contributed by atoms with van der Waals surface area (Å²) >= 11 is 0. The molecule has 1 heterocycles. The SMILES string of the molecule is CC(O)C(NC(=O)C(CC(=O)O)NC(=O)C1CCCN1)C(=O)NC(CCC(=O)O)C(=O)O. The molecule has 1 fully saturated rings. The van der Waals surface area contributed by atoms with Crippen molar-refractivity contribution in [2.45, 2.75) is 69.3 Å². The maximum Gasteiger partial charge on any atom is 0.326 e. The van der Waals surface area contributed by atoms with Gasteiger partial charge < -0.3 is 41.7 Å². The number of aliphatic carboxylic acids is 3. The van der Waals surface area contributed by atoms with Crippen molar-refractivity contribution in [2.24, 2.45) is 0 Å². The summed E-state index contributed by atoms with van der Waals surface area (Å²) in [6.07, 6.45) is -2.09. The second kappa shape index (κ2) is 12.6. The van der Waals surface area contributed by atoms with E-state index in [0.717, 1.165) is 13.3 Å². The Morgan fingerprint density at radius 1 is 0.938 bits per heavy atom. The Bertz CT molecular complexity index is 735. The molecule has 1 saturated heterocycles. The van der Waals surface area contributed by atoms with Crippen LogP contribution in [0.2, 0.25) is 0 Å². The molecule has 1 aliphatic heterocycles. The molecular weight excluding hydrogens is 432 g/mol. The monoisotopic (exact) mass is 460 g/mol. The lowest BCUT2D eigenvalue weighted by Crippen LogP contribution is -2.60. The summed E-state index contributed by atoms with van der Waals surface area (Å²) < 4.78 is 0. The molecule has 14 nitrogen and oxygen atoms in total. The van der Waals surface area contributed by atoms with Gasteiger partial charge in [0.05, 0.1) is 18.6 Å². The summed E-state index contributed by atoms with van der Waals surface area (Å²) in [5.41, 5.74) is 0. The average molecular weight is 460 g/mol. The van der Waals surface area contributed by atoms with Gasteiger partial charge in [0.25, 0.3) is 0 Å². The minimum Gasteiger partial charge on any atom is -0.481 e. The van der Waals surface area contributed by atoms with Gasteiger partial charge in [-0.3, -0.25) is 24.0 Å². The molecule has 5 unspecified atom stereocenters. The van der Waals surface area contributed by atoms with Gasteiger partial charge >= 0.3 is 17.9 Å². The zero-order valence-corrected chi connectivity index (χ0v) is 17.4. The molecule has 0 aliphatic carbocycles. The molecule has 1 aliphatic rings. The van der Waals surface area contributed by atoms with Crippen LogP contribution in [0.4, 0.5) is 0 Å². The molecule has 0 spiro atoms. The second-order valence-corrected chi connectivity index (χ2v) is 7.37. The number of amides is 3. The van der Waals surface area contributed by atoms with Gasteiger partial charge in [0.15, 0.2) is 0 Å². The van der Waals surface area contributed by atoms with E-state index in [4.69, 9.17) is 15.3 Å². The van der Waals surface area contributed by atoms with Gasteiger partial charge in [-0.15, -0.1) is 0 Å². The minimum absolute atomic E-state index is 0.442. The maximum absolute atomic E-state index is 12.6. The Balaban J connectivity index is 2.88. The van der Waals surface area contributed by atoms with Crippen LogP contribution in [0.5, 0.6) is 0 Å². The van der Waals surface area contributed by atoms with Crippen molar-refractivity contribution in [1.82, 2.24) is 21.3 Å². The van der Waals surface area contributed by atoms with E-state index in [9.17, 15) is 33.9 Å². The number of hydrogen-bond donors (Lipinski definition) is 8. The summed E-state index contributed by atoms with van der Waals surface area (Å²) in [5, 5.41) is 46.1. The first-order chi connectivity index (χ1) is 14.9. The number of carbonyl (C=O) groups is 6. The van der Waals surface area contributed by atoms with Crippen molar-refractivity contribution in [3.8, 4) is 0 Å². The van der Waals surface area contributed by atoms with Crippen molar-refractivity contribution in [3.05, 3.63) is 0 Å². The zero-order valence-electron chi connectivity index (χ0n) is 17.4. The van der Waals surface area contributed by atoms with Gasteiger partial charge in [-0.1, -0.05) is 0 Å². The Morgan fingerprint density at radius 3 is 2.06 bits per heavy atom. The predicted octanol–water partition coefficient (Wildman–Crippen LogP) is -3.00. The third-order valence-corrected chi connectivity index (χ3v) is 4.71. The number of carboxylic acids is 3. The van der Waals surface area contributed by atoms with Gasteiger partial charge in [-0.2, -0.15) is 0 Å². The number of rotatable bonds is 13. The fourth-order valence-corrected chi connectivity index (χ4v) is 3.01. The van der Waals surface area contributed by atoms with Crippen LogP contribution >= 0.6 is 0 Å². The summed E-state index contributed by atoms with van der Waals surface area (Å²) in [4.78, 5) is 70.3. The molecule has 3 amide bonds. The first kappa shape index (κ1) is 26.8. The fraction of sp³-hybridized carbons (Fsp3) is 0.667. The number of aliphatic hydroxyl groups is 1.